The Kier molecular flexibility index (Phi) is 4.88. The van der Waals surface area contributed by atoms with E-state index in [1.165, 1.54) is 10.8 Å². The first-order valence-electron chi connectivity index (χ1n) is 8.11. The zero-order valence-electron chi connectivity index (χ0n) is 13.7. The van der Waals surface area contributed by atoms with E-state index in [9.17, 15) is 9.59 Å². The summed E-state index contributed by atoms with van der Waals surface area (Å²) < 4.78 is 1.30. The molecule has 0 unspecified atom stereocenters. The maximum absolute atomic E-state index is 12.2. The third-order valence-corrected chi connectivity index (χ3v) is 4.08. The van der Waals surface area contributed by atoms with Crippen LogP contribution in [0.25, 0.3) is 0 Å². The summed E-state index contributed by atoms with van der Waals surface area (Å²) >= 11 is 0. The maximum Gasteiger partial charge on any atom is 0.347 e. The number of anilines is 1. The monoisotopic (exact) mass is 327 g/mol. The predicted octanol–water partition coefficient (Wildman–Crippen LogP) is 0.732. The second-order valence-electron chi connectivity index (χ2n) is 6.02. The van der Waals surface area contributed by atoms with Crippen LogP contribution in [0.1, 0.15) is 18.5 Å². The molecule has 7 nitrogen and oxygen atoms in total. The summed E-state index contributed by atoms with van der Waals surface area (Å²) in [6.07, 6.45) is 4.91. The van der Waals surface area contributed by atoms with Crippen molar-refractivity contribution >= 4 is 11.7 Å². The molecule has 1 amide bonds. The summed E-state index contributed by atoms with van der Waals surface area (Å²) in [6, 6.07) is 7.65. The number of rotatable bonds is 4. The van der Waals surface area contributed by atoms with E-state index in [0.717, 1.165) is 37.4 Å². The van der Waals surface area contributed by atoms with Crippen molar-refractivity contribution in [2.24, 2.45) is 0 Å². The molecule has 1 aliphatic heterocycles. The molecule has 3 heterocycles. The fourth-order valence-corrected chi connectivity index (χ4v) is 2.94. The van der Waals surface area contributed by atoms with Crippen LogP contribution in [0.2, 0.25) is 0 Å². The quantitative estimate of drug-likeness (QED) is 0.895. The maximum atomic E-state index is 12.2. The van der Waals surface area contributed by atoms with Gasteiger partial charge in [-0.05, 0) is 38.0 Å². The van der Waals surface area contributed by atoms with Gasteiger partial charge in [-0.1, -0.05) is 6.07 Å². The lowest BCUT2D eigenvalue weighted by Gasteiger charge is -2.34. The number of aryl methyl sites for hydroxylation is 1. The van der Waals surface area contributed by atoms with E-state index >= 15 is 0 Å². The van der Waals surface area contributed by atoms with E-state index in [1.54, 1.807) is 12.3 Å². The molecule has 0 saturated carbocycles. The Balaban J connectivity index is 1.60. The first kappa shape index (κ1) is 16.2. The average molecular weight is 327 g/mol. The lowest BCUT2D eigenvalue weighted by Crippen LogP contribution is -2.49. The Labute approximate surface area is 140 Å². The van der Waals surface area contributed by atoms with Gasteiger partial charge < -0.3 is 10.2 Å². The zero-order valence-corrected chi connectivity index (χ0v) is 13.7. The second-order valence-corrected chi connectivity index (χ2v) is 6.02. The number of carbonyl (C=O) groups is 1. The average Bonchev–Trinajstić information content (AvgIpc) is 2.57. The molecule has 0 bridgehead atoms. The summed E-state index contributed by atoms with van der Waals surface area (Å²) in [5.74, 6) is 0.770. The Hall–Kier alpha value is -2.70. The smallest absolute Gasteiger partial charge is 0.347 e. The topological polar surface area (TPSA) is 80.1 Å². The number of piperidine rings is 1. The molecule has 0 aromatic carbocycles. The molecule has 0 radical (unpaired) electrons. The molecule has 1 atom stereocenters. The minimum absolute atomic E-state index is 0.00807. The standard InChI is InChI=1S/C17H21N5O2/c1-13-5-2-7-15(19-13)21-9-3-6-14(11-21)20-16(23)12-22-10-4-8-18-17(22)24/h2,4-5,7-8,10,14H,3,6,9,11-12H2,1H3,(H,20,23)/t14-/m1/s1. The Morgan fingerprint density at radius 3 is 3.04 bits per heavy atom. The highest BCUT2D eigenvalue weighted by Gasteiger charge is 2.22. The molecular formula is C17H21N5O2. The first-order chi connectivity index (χ1) is 11.6. The highest BCUT2D eigenvalue weighted by atomic mass is 16.2. The van der Waals surface area contributed by atoms with Crippen molar-refractivity contribution in [2.75, 3.05) is 18.0 Å². The molecule has 1 aliphatic rings. The van der Waals surface area contributed by atoms with Crippen LogP contribution >= 0.6 is 0 Å². The van der Waals surface area contributed by atoms with Gasteiger partial charge in [0.05, 0.1) is 0 Å². The molecule has 2 aromatic rings. The minimum Gasteiger partial charge on any atom is -0.355 e. The lowest BCUT2D eigenvalue weighted by molar-refractivity contribution is -0.122. The largest absolute Gasteiger partial charge is 0.355 e. The van der Waals surface area contributed by atoms with E-state index in [0.29, 0.717) is 0 Å². The molecule has 7 heteroatoms. The van der Waals surface area contributed by atoms with Crippen molar-refractivity contribution in [3.8, 4) is 0 Å². The van der Waals surface area contributed by atoms with Crippen LogP contribution in [0, 0.1) is 6.92 Å². The van der Waals surface area contributed by atoms with E-state index in [4.69, 9.17) is 0 Å². The number of nitrogens with zero attached hydrogens (tertiary/aromatic N) is 4. The zero-order chi connectivity index (χ0) is 16.9. The third-order valence-electron chi connectivity index (χ3n) is 4.08. The van der Waals surface area contributed by atoms with Crippen LogP contribution in [0.15, 0.2) is 41.5 Å². The van der Waals surface area contributed by atoms with Crippen LogP contribution in [0.5, 0.6) is 0 Å². The van der Waals surface area contributed by atoms with Gasteiger partial charge in [-0.15, -0.1) is 0 Å². The number of hydrogen-bond donors (Lipinski definition) is 1. The van der Waals surface area contributed by atoms with Crippen LogP contribution in [-0.4, -0.2) is 39.6 Å². The molecule has 0 aliphatic carbocycles. The Morgan fingerprint density at radius 2 is 2.25 bits per heavy atom. The molecule has 24 heavy (non-hydrogen) atoms. The predicted molar refractivity (Wildman–Crippen MR) is 90.8 cm³/mol. The van der Waals surface area contributed by atoms with Crippen molar-refractivity contribution in [2.45, 2.75) is 32.4 Å². The molecular weight excluding hydrogens is 306 g/mol. The molecule has 3 rings (SSSR count). The van der Waals surface area contributed by atoms with Crippen LogP contribution in [-0.2, 0) is 11.3 Å². The summed E-state index contributed by atoms with van der Waals surface area (Å²) in [4.78, 5) is 34.2. The number of nitrogens with one attached hydrogen (secondary N) is 1. The van der Waals surface area contributed by atoms with Crippen LogP contribution in [0.3, 0.4) is 0 Å². The third kappa shape index (κ3) is 3.98. The molecule has 126 valence electrons. The van der Waals surface area contributed by atoms with E-state index < -0.39 is 5.69 Å². The van der Waals surface area contributed by atoms with Gasteiger partial charge in [-0.3, -0.25) is 9.36 Å². The molecule has 1 saturated heterocycles. The van der Waals surface area contributed by atoms with Crippen molar-refractivity contribution in [3.63, 3.8) is 0 Å². The minimum atomic E-state index is -0.415. The molecule has 2 aromatic heterocycles. The number of aromatic nitrogens is 3. The van der Waals surface area contributed by atoms with Gasteiger partial charge in [0.2, 0.25) is 5.91 Å². The number of amides is 1. The van der Waals surface area contributed by atoms with Gasteiger partial charge in [-0.2, -0.15) is 0 Å². The van der Waals surface area contributed by atoms with Crippen LogP contribution in [0.4, 0.5) is 5.82 Å². The van der Waals surface area contributed by atoms with Gasteiger partial charge in [0, 0.05) is 37.2 Å². The Morgan fingerprint density at radius 1 is 1.38 bits per heavy atom. The first-order valence-corrected chi connectivity index (χ1v) is 8.11. The van der Waals surface area contributed by atoms with Gasteiger partial charge in [0.1, 0.15) is 12.4 Å². The summed E-state index contributed by atoms with van der Waals surface area (Å²) in [6.45, 7) is 3.62. The lowest BCUT2D eigenvalue weighted by atomic mass is 10.1. The summed E-state index contributed by atoms with van der Waals surface area (Å²) in [5, 5.41) is 3.01. The second kappa shape index (κ2) is 7.25. The highest BCUT2D eigenvalue weighted by Crippen LogP contribution is 2.18. The summed E-state index contributed by atoms with van der Waals surface area (Å²) in [7, 11) is 0. The van der Waals surface area contributed by atoms with Crippen molar-refractivity contribution in [1.82, 2.24) is 19.9 Å². The SMILES string of the molecule is Cc1cccc(N2CCC[C@@H](NC(=O)Cn3cccnc3=O)C2)n1. The number of pyridine rings is 1. The molecule has 1 fully saturated rings. The van der Waals surface area contributed by atoms with Crippen LogP contribution < -0.4 is 15.9 Å². The highest BCUT2D eigenvalue weighted by molar-refractivity contribution is 5.76. The normalized spacial score (nSPS) is 17.5. The fourth-order valence-electron chi connectivity index (χ4n) is 2.94. The Bertz CT molecular complexity index is 773. The number of hydrogen-bond acceptors (Lipinski definition) is 5. The molecule has 1 N–H and O–H groups in total. The number of carbonyl (C=O) groups excluding carboxylic acids is 1. The fraction of sp³-hybridized carbons (Fsp3) is 0.412. The van der Waals surface area contributed by atoms with Crippen molar-refractivity contribution in [3.05, 3.63) is 52.8 Å². The summed E-state index contributed by atoms with van der Waals surface area (Å²) in [5.41, 5.74) is 0.566. The van der Waals surface area contributed by atoms with Gasteiger partial charge in [-0.25, -0.2) is 14.8 Å². The van der Waals surface area contributed by atoms with E-state index in [2.05, 4.69) is 20.2 Å². The van der Waals surface area contributed by atoms with Gasteiger partial charge >= 0.3 is 5.69 Å². The van der Waals surface area contributed by atoms with E-state index in [1.807, 2.05) is 25.1 Å². The van der Waals surface area contributed by atoms with E-state index in [-0.39, 0.29) is 18.5 Å². The van der Waals surface area contributed by atoms with Crippen molar-refractivity contribution < 1.29 is 4.79 Å². The van der Waals surface area contributed by atoms with Crippen molar-refractivity contribution in [1.29, 1.82) is 0 Å². The molecule has 0 spiro atoms. The van der Waals surface area contributed by atoms with Gasteiger partial charge in [0.15, 0.2) is 0 Å². The van der Waals surface area contributed by atoms with Gasteiger partial charge in [0.25, 0.3) is 0 Å².